The minimum atomic E-state index is -0.324. The molecule has 0 saturated heterocycles. The zero-order chi connectivity index (χ0) is 13.8. The average molecular weight is 263 g/mol. The first-order valence-corrected chi connectivity index (χ1v) is 6.79. The van der Waals surface area contributed by atoms with Crippen molar-refractivity contribution < 1.29 is 4.92 Å². The van der Waals surface area contributed by atoms with Crippen LogP contribution in [-0.2, 0) is 6.54 Å². The van der Waals surface area contributed by atoms with Crippen molar-refractivity contribution in [1.82, 2.24) is 5.32 Å². The molecule has 2 atom stereocenters. The molecule has 1 saturated carbocycles. The first kappa shape index (κ1) is 14.0. The van der Waals surface area contributed by atoms with Crippen LogP contribution in [0.2, 0.25) is 0 Å². The van der Waals surface area contributed by atoms with Crippen LogP contribution in [0, 0.1) is 17.0 Å². The van der Waals surface area contributed by atoms with E-state index < -0.39 is 0 Å². The van der Waals surface area contributed by atoms with Crippen LogP contribution in [0.1, 0.15) is 36.8 Å². The van der Waals surface area contributed by atoms with E-state index in [0.717, 1.165) is 36.8 Å². The number of hydrogen-bond acceptors (Lipinski definition) is 4. The molecular formula is C14H21N3O2. The molecule has 0 amide bonds. The van der Waals surface area contributed by atoms with E-state index in [-0.39, 0.29) is 16.7 Å². The summed E-state index contributed by atoms with van der Waals surface area (Å²) in [5.41, 5.74) is 7.90. The van der Waals surface area contributed by atoms with E-state index in [1.165, 1.54) is 0 Å². The molecule has 3 N–H and O–H groups in total. The van der Waals surface area contributed by atoms with Crippen molar-refractivity contribution in [3.63, 3.8) is 0 Å². The number of nitro benzene ring substituents is 1. The van der Waals surface area contributed by atoms with Crippen molar-refractivity contribution in [2.24, 2.45) is 5.73 Å². The molecule has 104 valence electrons. The van der Waals surface area contributed by atoms with E-state index in [1.807, 2.05) is 13.0 Å². The maximum absolute atomic E-state index is 10.9. The van der Waals surface area contributed by atoms with Gasteiger partial charge < -0.3 is 11.1 Å². The van der Waals surface area contributed by atoms with Gasteiger partial charge >= 0.3 is 0 Å². The van der Waals surface area contributed by atoms with Gasteiger partial charge in [-0.3, -0.25) is 10.1 Å². The van der Waals surface area contributed by atoms with Crippen LogP contribution in [0.4, 0.5) is 5.69 Å². The fourth-order valence-corrected chi connectivity index (χ4v) is 2.73. The predicted octanol–water partition coefficient (Wildman–Crippen LogP) is 2.26. The summed E-state index contributed by atoms with van der Waals surface area (Å²) in [4.78, 5) is 10.6. The standard InChI is InChI=1S/C14H21N3O2/c1-10-11(4-2-7-14(10)17(18)19)9-16-13-6-3-5-12(15)8-13/h2,4,7,12-13,16H,3,5-6,8-9,15H2,1H3. The van der Waals surface area contributed by atoms with Crippen LogP contribution in [0.25, 0.3) is 0 Å². The SMILES string of the molecule is Cc1c(CNC2CCCC(N)C2)cccc1[N+](=O)[O-]. The van der Waals surface area contributed by atoms with Crippen LogP contribution in [0.3, 0.4) is 0 Å². The van der Waals surface area contributed by atoms with Crippen LogP contribution in [0.5, 0.6) is 0 Å². The van der Waals surface area contributed by atoms with E-state index in [4.69, 9.17) is 5.73 Å². The minimum absolute atomic E-state index is 0.194. The third kappa shape index (κ3) is 3.52. The highest BCUT2D eigenvalue weighted by molar-refractivity contribution is 5.44. The summed E-state index contributed by atoms with van der Waals surface area (Å²) in [6.45, 7) is 2.48. The van der Waals surface area contributed by atoms with Crippen LogP contribution < -0.4 is 11.1 Å². The second kappa shape index (κ2) is 6.12. The Morgan fingerprint density at radius 3 is 2.95 bits per heavy atom. The van der Waals surface area contributed by atoms with Gasteiger partial charge in [-0.2, -0.15) is 0 Å². The Morgan fingerprint density at radius 2 is 2.26 bits per heavy atom. The number of benzene rings is 1. The Kier molecular flexibility index (Phi) is 4.50. The van der Waals surface area contributed by atoms with Gasteiger partial charge in [0.05, 0.1) is 4.92 Å². The maximum atomic E-state index is 10.9. The van der Waals surface area contributed by atoms with Crippen molar-refractivity contribution in [3.8, 4) is 0 Å². The highest BCUT2D eigenvalue weighted by Crippen LogP contribution is 2.22. The van der Waals surface area contributed by atoms with Crippen molar-refractivity contribution in [1.29, 1.82) is 0 Å². The summed E-state index contributed by atoms with van der Waals surface area (Å²) >= 11 is 0. The lowest BCUT2D eigenvalue weighted by molar-refractivity contribution is -0.385. The first-order valence-electron chi connectivity index (χ1n) is 6.79. The Bertz CT molecular complexity index is 462. The van der Waals surface area contributed by atoms with Gasteiger partial charge in [-0.15, -0.1) is 0 Å². The topological polar surface area (TPSA) is 81.2 Å². The summed E-state index contributed by atoms with van der Waals surface area (Å²) in [5.74, 6) is 0. The molecule has 0 heterocycles. The monoisotopic (exact) mass is 263 g/mol. The number of rotatable bonds is 4. The van der Waals surface area contributed by atoms with E-state index in [2.05, 4.69) is 5.32 Å². The minimum Gasteiger partial charge on any atom is -0.328 e. The van der Waals surface area contributed by atoms with Gasteiger partial charge in [0.2, 0.25) is 0 Å². The highest BCUT2D eigenvalue weighted by Gasteiger charge is 2.19. The second-order valence-corrected chi connectivity index (χ2v) is 5.32. The van der Waals surface area contributed by atoms with Crippen molar-refractivity contribution >= 4 is 5.69 Å². The normalized spacial score (nSPS) is 23.3. The van der Waals surface area contributed by atoms with Gasteiger partial charge in [0, 0.05) is 30.3 Å². The molecule has 0 aliphatic heterocycles. The molecule has 2 unspecified atom stereocenters. The molecule has 0 radical (unpaired) electrons. The summed E-state index contributed by atoms with van der Waals surface area (Å²) < 4.78 is 0. The molecule has 1 fully saturated rings. The smallest absolute Gasteiger partial charge is 0.272 e. The van der Waals surface area contributed by atoms with Crippen LogP contribution >= 0.6 is 0 Å². The van der Waals surface area contributed by atoms with E-state index >= 15 is 0 Å². The molecule has 0 bridgehead atoms. The number of nitrogens with two attached hydrogens (primary N) is 1. The third-order valence-corrected chi connectivity index (χ3v) is 3.91. The fourth-order valence-electron chi connectivity index (χ4n) is 2.73. The maximum Gasteiger partial charge on any atom is 0.272 e. The largest absolute Gasteiger partial charge is 0.328 e. The molecule has 5 heteroatoms. The lowest BCUT2D eigenvalue weighted by Gasteiger charge is -2.27. The molecule has 2 rings (SSSR count). The first-order chi connectivity index (χ1) is 9.08. The average Bonchev–Trinajstić information content (AvgIpc) is 2.37. The molecule has 1 aliphatic carbocycles. The molecule has 0 spiro atoms. The zero-order valence-electron chi connectivity index (χ0n) is 11.3. The number of hydrogen-bond donors (Lipinski definition) is 2. The molecule has 1 aromatic carbocycles. The summed E-state index contributed by atoms with van der Waals surface area (Å²) in [5, 5.41) is 14.4. The van der Waals surface area contributed by atoms with E-state index in [9.17, 15) is 10.1 Å². The number of nitrogens with one attached hydrogen (secondary N) is 1. The quantitative estimate of drug-likeness (QED) is 0.645. The molecular weight excluding hydrogens is 242 g/mol. The predicted molar refractivity (Wildman–Crippen MR) is 74.9 cm³/mol. The van der Waals surface area contributed by atoms with Gasteiger partial charge in [0.25, 0.3) is 5.69 Å². The lowest BCUT2D eigenvalue weighted by Crippen LogP contribution is -2.39. The highest BCUT2D eigenvalue weighted by atomic mass is 16.6. The molecule has 19 heavy (non-hydrogen) atoms. The van der Waals surface area contributed by atoms with E-state index in [1.54, 1.807) is 12.1 Å². The van der Waals surface area contributed by atoms with Crippen LogP contribution in [0.15, 0.2) is 18.2 Å². The van der Waals surface area contributed by atoms with Gasteiger partial charge in [-0.1, -0.05) is 18.6 Å². The number of nitrogens with zero attached hydrogens (tertiary/aromatic N) is 1. The Balaban J connectivity index is 1.99. The van der Waals surface area contributed by atoms with E-state index in [0.29, 0.717) is 12.6 Å². The van der Waals surface area contributed by atoms with Gasteiger partial charge in [0.15, 0.2) is 0 Å². The Morgan fingerprint density at radius 1 is 1.47 bits per heavy atom. The summed E-state index contributed by atoms with van der Waals surface area (Å²) in [6.07, 6.45) is 4.40. The van der Waals surface area contributed by atoms with Gasteiger partial charge in [-0.25, -0.2) is 0 Å². The van der Waals surface area contributed by atoms with Crippen LogP contribution in [-0.4, -0.2) is 17.0 Å². The summed E-state index contributed by atoms with van der Waals surface area (Å²) in [6, 6.07) is 5.96. The van der Waals surface area contributed by atoms with Crippen molar-refractivity contribution in [2.45, 2.75) is 51.2 Å². The Labute approximate surface area is 113 Å². The van der Waals surface area contributed by atoms with Gasteiger partial charge in [-0.05, 0) is 31.7 Å². The summed E-state index contributed by atoms with van der Waals surface area (Å²) in [7, 11) is 0. The lowest BCUT2D eigenvalue weighted by atomic mass is 9.91. The van der Waals surface area contributed by atoms with Crippen molar-refractivity contribution in [3.05, 3.63) is 39.4 Å². The third-order valence-electron chi connectivity index (χ3n) is 3.91. The molecule has 1 aromatic rings. The molecule has 5 nitrogen and oxygen atoms in total. The molecule has 0 aromatic heterocycles. The van der Waals surface area contributed by atoms with Gasteiger partial charge in [0.1, 0.15) is 0 Å². The second-order valence-electron chi connectivity index (χ2n) is 5.32. The Hall–Kier alpha value is -1.46. The fraction of sp³-hybridized carbons (Fsp3) is 0.571. The molecule has 1 aliphatic rings. The number of nitro groups is 1. The zero-order valence-corrected chi connectivity index (χ0v) is 11.3. The van der Waals surface area contributed by atoms with Crippen molar-refractivity contribution in [2.75, 3.05) is 0 Å².